The quantitative estimate of drug-likeness (QED) is 0.603. The van der Waals surface area contributed by atoms with Gasteiger partial charge in [0.2, 0.25) is 17.7 Å². The molecule has 0 spiro atoms. The summed E-state index contributed by atoms with van der Waals surface area (Å²) in [7, 11) is 1.62. The highest BCUT2D eigenvalue weighted by atomic mass is 16.5. The van der Waals surface area contributed by atoms with Crippen molar-refractivity contribution in [2.45, 2.75) is 32.7 Å². The van der Waals surface area contributed by atoms with Crippen LogP contribution in [0.4, 0.5) is 5.69 Å². The molecule has 176 valence electrons. The first-order chi connectivity index (χ1) is 15.8. The number of nitrogens with zero attached hydrogens (tertiary/aromatic N) is 3. The molecule has 0 bridgehead atoms. The lowest BCUT2D eigenvalue weighted by molar-refractivity contribution is -0.139. The number of methoxy groups -OCH3 is 1. The number of allylic oxidation sites excluding steroid dienone is 2. The van der Waals surface area contributed by atoms with Crippen LogP contribution in [-0.2, 0) is 14.4 Å². The maximum Gasteiger partial charge on any atom is 0.247 e. The van der Waals surface area contributed by atoms with Crippen molar-refractivity contribution in [3.63, 3.8) is 0 Å². The first kappa shape index (κ1) is 22.8. The van der Waals surface area contributed by atoms with Gasteiger partial charge in [0.05, 0.1) is 36.9 Å². The van der Waals surface area contributed by atoms with Crippen LogP contribution in [-0.4, -0.2) is 61.2 Å². The van der Waals surface area contributed by atoms with E-state index in [2.05, 4.69) is 22.4 Å². The Morgan fingerprint density at radius 1 is 1.21 bits per heavy atom. The smallest absolute Gasteiger partial charge is 0.247 e. The largest absolute Gasteiger partial charge is 0.495 e. The predicted molar refractivity (Wildman–Crippen MR) is 125 cm³/mol. The summed E-state index contributed by atoms with van der Waals surface area (Å²) < 4.78 is 5.58. The summed E-state index contributed by atoms with van der Waals surface area (Å²) in [5.74, 6) is -0.217. The summed E-state index contributed by atoms with van der Waals surface area (Å²) in [5, 5.41) is 8.98. The van der Waals surface area contributed by atoms with E-state index in [4.69, 9.17) is 15.6 Å². The van der Waals surface area contributed by atoms with Crippen LogP contribution >= 0.6 is 0 Å². The first-order valence-electron chi connectivity index (χ1n) is 11.4. The molecule has 0 aromatic heterocycles. The van der Waals surface area contributed by atoms with Gasteiger partial charge in [0.1, 0.15) is 5.75 Å². The first-order valence-corrected chi connectivity index (χ1v) is 11.4. The van der Waals surface area contributed by atoms with Crippen molar-refractivity contribution < 1.29 is 19.1 Å². The Bertz CT molecular complexity index is 1010. The maximum atomic E-state index is 13.0. The number of benzene rings is 1. The summed E-state index contributed by atoms with van der Waals surface area (Å²) >= 11 is 0. The van der Waals surface area contributed by atoms with Crippen LogP contribution in [0.25, 0.3) is 0 Å². The van der Waals surface area contributed by atoms with Crippen molar-refractivity contribution in [3.05, 3.63) is 35.9 Å². The molecule has 3 aliphatic rings. The molecule has 2 aliphatic heterocycles. The highest BCUT2D eigenvalue weighted by molar-refractivity contribution is 6.07. The van der Waals surface area contributed by atoms with Gasteiger partial charge in [0.25, 0.3) is 0 Å². The lowest BCUT2D eigenvalue weighted by atomic mass is 9.76. The van der Waals surface area contributed by atoms with Crippen molar-refractivity contribution in [2.75, 3.05) is 31.6 Å². The van der Waals surface area contributed by atoms with Crippen LogP contribution in [0.2, 0.25) is 0 Å². The molecule has 3 N–H and O–H groups in total. The number of hydrogen-bond acceptors (Lipinski definition) is 6. The molecule has 9 nitrogen and oxygen atoms in total. The molecule has 1 aromatic rings. The summed E-state index contributed by atoms with van der Waals surface area (Å²) in [4.78, 5) is 38.2. The van der Waals surface area contributed by atoms with Gasteiger partial charge in [-0.25, -0.2) is 5.01 Å². The number of hydrogen-bond donors (Lipinski definition) is 2. The Balaban J connectivity index is 1.59. The molecule has 1 aromatic carbocycles. The zero-order valence-electron chi connectivity index (χ0n) is 19.3. The summed E-state index contributed by atoms with van der Waals surface area (Å²) in [5.41, 5.74) is 7.86. The minimum atomic E-state index is -0.563. The number of nitrogens with two attached hydrogens (primary N) is 1. The molecule has 0 saturated carbocycles. The van der Waals surface area contributed by atoms with Crippen LogP contribution in [0.1, 0.15) is 32.3 Å². The monoisotopic (exact) mass is 453 g/mol. The second-order valence-electron chi connectivity index (χ2n) is 9.09. The predicted octanol–water partition coefficient (Wildman–Crippen LogP) is 1.27. The second kappa shape index (κ2) is 9.25. The molecular weight excluding hydrogens is 422 g/mol. The zero-order valence-corrected chi connectivity index (χ0v) is 19.3. The van der Waals surface area contributed by atoms with E-state index in [-0.39, 0.29) is 42.2 Å². The number of hydrazone groups is 1. The van der Waals surface area contributed by atoms with Gasteiger partial charge < -0.3 is 20.7 Å². The molecule has 2 atom stereocenters. The number of fused-ring (bicyclic) bond motifs is 1. The second-order valence-corrected chi connectivity index (χ2v) is 9.09. The number of rotatable bonds is 7. The van der Waals surface area contributed by atoms with E-state index in [1.54, 1.807) is 12.1 Å². The minimum absolute atomic E-state index is 0.0212. The lowest BCUT2D eigenvalue weighted by Crippen LogP contribution is -2.54. The molecule has 0 unspecified atom stereocenters. The number of amides is 3. The number of anilines is 1. The average Bonchev–Trinajstić information content (AvgIpc) is 2.77. The highest BCUT2D eigenvalue weighted by Crippen LogP contribution is 2.39. The molecular formula is C24H31N5O4. The summed E-state index contributed by atoms with van der Waals surface area (Å²) in [6, 6.07) is 5.92. The Kier molecular flexibility index (Phi) is 6.40. The Morgan fingerprint density at radius 3 is 2.55 bits per heavy atom. The summed E-state index contributed by atoms with van der Waals surface area (Å²) in [6.45, 7) is 4.82. The Labute approximate surface area is 193 Å². The normalized spacial score (nSPS) is 22.5. The van der Waals surface area contributed by atoms with E-state index >= 15 is 0 Å². The van der Waals surface area contributed by atoms with Crippen LogP contribution in [0, 0.1) is 17.8 Å². The van der Waals surface area contributed by atoms with Gasteiger partial charge >= 0.3 is 0 Å². The number of carbonyl (C=O) groups excluding carboxylic acids is 3. The molecule has 33 heavy (non-hydrogen) atoms. The third kappa shape index (κ3) is 4.44. The van der Waals surface area contributed by atoms with Gasteiger partial charge in [-0.1, -0.05) is 12.2 Å². The number of carbonyl (C=O) groups is 3. The van der Waals surface area contributed by atoms with Crippen molar-refractivity contribution in [1.82, 2.24) is 10.3 Å². The van der Waals surface area contributed by atoms with Crippen molar-refractivity contribution >= 4 is 29.1 Å². The van der Waals surface area contributed by atoms with Crippen LogP contribution < -0.4 is 20.7 Å². The molecule has 2 heterocycles. The summed E-state index contributed by atoms with van der Waals surface area (Å²) in [6.07, 6.45) is 5.73. The Morgan fingerprint density at radius 2 is 1.91 bits per heavy atom. The van der Waals surface area contributed by atoms with E-state index in [9.17, 15) is 14.4 Å². The average molecular weight is 454 g/mol. The van der Waals surface area contributed by atoms with Gasteiger partial charge in [-0.3, -0.25) is 14.4 Å². The maximum absolute atomic E-state index is 13.0. The van der Waals surface area contributed by atoms with E-state index in [0.717, 1.165) is 29.8 Å². The van der Waals surface area contributed by atoms with Gasteiger partial charge in [-0.15, -0.1) is 0 Å². The number of nitrogens with one attached hydrogen (secondary N) is 1. The molecule has 9 heteroatoms. The van der Waals surface area contributed by atoms with E-state index < -0.39 is 5.91 Å². The standard InChI is InChI=1S/C24H31N5O4/c1-14(2)29-24(32)18-7-5-4-6-17(18)22(27-29)15-8-9-20(33-3)19(10-15)28-12-16(13-28)23(31)26-11-21(25)30/h4-5,8-10,14,16-18H,6-7,11-13H2,1-3H3,(H2,25,30)(H,26,31)/t17-,18+/m0/s1. The van der Waals surface area contributed by atoms with E-state index in [0.29, 0.717) is 18.8 Å². The van der Waals surface area contributed by atoms with Gasteiger partial charge in [0.15, 0.2) is 0 Å². The van der Waals surface area contributed by atoms with Crippen molar-refractivity contribution in [1.29, 1.82) is 0 Å². The van der Waals surface area contributed by atoms with Crippen LogP contribution in [0.15, 0.2) is 35.5 Å². The molecule has 1 fully saturated rings. The molecule has 3 amide bonds. The number of primary amides is 1. The third-order valence-electron chi connectivity index (χ3n) is 6.54. The zero-order chi connectivity index (χ0) is 23.7. The lowest BCUT2D eigenvalue weighted by Gasteiger charge is -2.41. The van der Waals surface area contributed by atoms with Crippen LogP contribution in [0.5, 0.6) is 5.75 Å². The fourth-order valence-electron chi connectivity index (χ4n) is 4.70. The topological polar surface area (TPSA) is 117 Å². The fraction of sp³-hybridized carbons (Fsp3) is 0.500. The molecule has 4 rings (SSSR count). The van der Waals surface area contributed by atoms with Crippen molar-refractivity contribution in [2.24, 2.45) is 28.6 Å². The van der Waals surface area contributed by atoms with E-state index in [1.807, 2.05) is 32.0 Å². The molecule has 0 radical (unpaired) electrons. The number of ether oxygens (including phenoxy) is 1. The van der Waals surface area contributed by atoms with Gasteiger partial charge in [-0.05, 0) is 44.9 Å². The van der Waals surface area contributed by atoms with E-state index in [1.165, 1.54) is 0 Å². The van der Waals surface area contributed by atoms with Crippen LogP contribution in [0.3, 0.4) is 0 Å². The third-order valence-corrected chi connectivity index (χ3v) is 6.54. The fourth-order valence-corrected chi connectivity index (χ4v) is 4.70. The molecule has 1 aliphatic carbocycles. The van der Waals surface area contributed by atoms with Crippen molar-refractivity contribution in [3.8, 4) is 5.75 Å². The highest BCUT2D eigenvalue weighted by Gasteiger charge is 2.41. The van der Waals surface area contributed by atoms with Gasteiger partial charge in [0, 0.05) is 30.6 Å². The minimum Gasteiger partial charge on any atom is -0.495 e. The molecule has 1 saturated heterocycles. The SMILES string of the molecule is COc1ccc(C2=NN(C(C)C)C(=O)[C@@H]3CC=CC[C@H]23)cc1N1CC(C(=O)NCC(N)=O)C1. The Hall–Kier alpha value is -3.36. The van der Waals surface area contributed by atoms with Gasteiger partial charge in [-0.2, -0.15) is 5.10 Å².